The molecule has 3 heterocycles. The maximum absolute atomic E-state index is 10.2. The summed E-state index contributed by atoms with van der Waals surface area (Å²) in [7, 11) is 0. The maximum atomic E-state index is 10.2. The van der Waals surface area contributed by atoms with Crippen LogP contribution in [0.15, 0.2) is 36.9 Å². The van der Waals surface area contributed by atoms with Crippen molar-refractivity contribution in [2.45, 2.75) is 31.0 Å². The van der Waals surface area contributed by atoms with Gasteiger partial charge in [0.2, 0.25) is 0 Å². The minimum Gasteiger partial charge on any atom is -0.394 e. The van der Waals surface area contributed by atoms with E-state index in [4.69, 9.17) is 16.3 Å². The molecule has 2 aromatic heterocycles. The quantitative estimate of drug-likeness (QED) is 0.473. The van der Waals surface area contributed by atoms with Crippen molar-refractivity contribution in [2.75, 3.05) is 18.5 Å². The molecule has 0 aliphatic carbocycles. The average Bonchev–Trinajstić information content (AvgIpc) is 3.25. The van der Waals surface area contributed by atoms with Gasteiger partial charge in [-0.05, 0) is 24.1 Å². The summed E-state index contributed by atoms with van der Waals surface area (Å²) in [5, 5.41) is 33.4. The van der Waals surface area contributed by atoms with Gasteiger partial charge in [0.25, 0.3) is 0 Å². The van der Waals surface area contributed by atoms with Crippen LogP contribution in [0.5, 0.6) is 0 Å². The minimum atomic E-state index is -1.20. The number of nitrogens with one attached hydrogen (secondary N) is 1. The number of nitrogens with zero attached hydrogens (tertiary/aromatic N) is 4. The molecule has 10 heteroatoms. The van der Waals surface area contributed by atoms with Crippen LogP contribution in [0.3, 0.4) is 0 Å². The molecule has 1 aliphatic rings. The van der Waals surface area contributed by atoms with Gasteiger partial charge in [0.15, 0.2) is 23.2 Å². The van der Waals surface area contributed by atoms with E-state index in [0.717, 1.165) is 12.0 Å². The van der Waals surface area contributed by atoms with E-state index in [0.29, 0.717) is 28.5 Å². The van der Waals surface area contributed by atoms with Crippen molar-refractivity contribution in [1.82, 2.24) is 19.5 Å². The molecule has 0 unspecified atom stereocenters. The zero-order chi connectivity index (χ0) is 19.7. The largest absolute Gasteiger partial charge is 0.394 e. The van der Waals surface area contributed by atoms with Gasteiger partial charge in [0.05, 0.1) is 12.9 Å². The second-order valence-corrected chi connectivity index (χ2v) is 7.01. The summed E-state index contributed by atoms with van der Waals surface area (Å²) in [5.74, 6) is 0.560. The predicted molar refractivity (Wildman–Crippen MR) is 102 cm³/mol. The summed E-state index contributed by atoms with van der Waals surface area (Å²) >= 11 is 5.90. The van der Waals surface area contributed by atoms with Crippen LogP contribution in [-0.4, -0.2) is 66.3 Å². The Bertz CT molecular complexity index is 951. The fourth-order valence-corrected chi connectivity index (χ4v) is 3.38. The van der Waals surface area contributed by atoms with E-state index >= 15 is 0 Å². The standard InChI is InChI=1S/C18H20ClN5O4/c19-11-3-1-10(2-4-11)5-6-20-16-13-17(22-8-21-16)24(9-23-13)18-15(27)14(26)12(7-25)28-18/h1-4,8-9,12,14-15,18,25-27H,5-7H2,(H,20,21,22)/t12-,14-,15-,18-/m1/s1. The molecule has 4 rings (SSSR count). The number of aliphatic hydroxyl groups excluding tert-OH is 3. The highest BCUT2D eigenvalue weighted by Gasteiger charge is 2.44. The normalized spacial score (nSPS) is 24.7. The number of aliphatic hydroxyl groups is 3. The highest BCUT2D eigenvalue weighted by atomic mass is 35.5. The van der Waals surface area contributed by atoms with Crippen molar-refractivity contribution < 1.29 is 20.1 Å². The molecule has 4 N–H and O–H groups in total. The van der Waals surface area contributed by atoms with Crippen LogP contribution in [0.4, 0.5) is 5.82 Å². The fraction of sp³-hybridized carbons (Fsp3) is 0.389. The van der Waals surface area contributed by atoms with E-state index < -0.39 is 31.1 Å². The highest BCUT2D eigenvalue weighted by Crippen LogP contribution is 2.32. The molecule has 3 aromatic rings. The number of imidazole rings is 1. The average molecular weight is 406 g/mol. The van der Waals surface area contributed by atoms with Gasteiger partial charge in [0.1, 0.15) is 24.6 Å². The van der Waals surface area contributed by atoms with Crippen LogP contribution >= 0.6 is 11.6 Å². The second kappa shape index (κ2) is 7.98. The van der Waals surface area contributed by atoms with Crippen molar-refractivity contribution in [3.05, 3.63) is 47.5 Å². The number of fused-ring (bicyclic) bond motifs is 1. The molecule has 0 radical (unpaired) electrons. The van der Waals surface area contributed by atoms with Crippen molar-refractivity contribution in [3.63, 3.8) is 0 Å². The van der Waals surface area contributed by atoms with E-state index in [2.05, 4.69) is 20.3 Å². The van der Waals surface area contributed by atoms with E-state index in [1.165, 1.54) is 17.2 Å². The van der Waals surface area contributed by atoms with Gasteiger partial charge in [-0.25, -0.2) is 15.0 Å². The van der Waals surface area contributed by atoms with Gasteiger partial charge >= 0.3 is 0 Å². The molecular formula is C18H20ClN5O4. The maximum Gasteiger partial charge on any atom is 0.167 e. The molecule has 1 aliphatic heterocycles. The number of ether oxygens (including phenoxy) is 1. The smallest absolute Gasteiger partial charge is 0.167 e. The summed E-state index contributed by atoms with van der Waals surface area (Å²) in [6.07, 6.45) is -0.503. The number of benzene rings is 1. The molecule has 0 saturated carbocycles. The molecule has 0 amide bonds. The Kier molecular flexibility index (Phi) is 5.42. The van der Waals surface area contributed by atoms with Crippen LogP contribution < -0.4 is 5.32 Å². The monoisotopic (exact) mass is 405 g/mol. The fourth-order valence-electron chi connectivity index (χ4n) is 3.25. The molecule has 9 nitrogen and oxygen atoms in total. The van der Waals surface area contributed by atoms with Crippen molar-refractivity contribution >= 4 is 28.6 Å². The van der Waals surface area contributed by atoms with Crippen LogP contribution in [0.2, 0.25) is 5.02 Å². The van der Waals surface area contributed by atoms with Gasteiger partial charge in [-0.3, -0.25) is 4.57 Å². The Hall–Kier alpha value is -2.30. The summed E-state index contributed by atoms with van der Waals surface area (Å²) in [6.45, 7) is 0.238. The topological polar surface area (TPSA) is 126 Å². The van der Waals surface area contributed by atoms with Crippen LogP contribution in [-0.2, 0) is 11.2 Å². The molecule has 1 saturated heterocycles. The molecule has 148 valence electrons. The molecule has 0 bridgehead atoms. The Balaban J connectivity index is 1.51. The van der Waals surface area contributed by atoms with Crippen LogP contribution in [0, 0.1) is 0 Å². The molecular weight excluding hydrogens is 386 g/mol. The molecule has 28 heavy (non-hydrogen) atoms. The summed E-state index contributed by atoms with van der Waals surface area (Å²) in [5.41, 5.74) is 2.12. The Morgan fingerprint density at radius 3 is 2.61 bits per heavy atom. The van der Waals surface area contributed by atoms with Crippen molar-refractivity contribution in [3.8, 4) is 0 Å². The van der Waals surface area contributed by atoms with Crippen molar-refractivity contribution in [2.24, 2.45) is 0 Å². The Morgan fingerprint density at radius 1 is 1.11 bits per heavy atom. The number of aromatic nitrogens is 4. The summed E-state index contributed by atoms with van der Waals surface area (Å²) in [4.78, 5) is 12.8. The van der Waals surface area contributed by atoms with E-state index in [1.807, 2.05) is 24.3 Å². The lowest BCUT2D eigenvalue weighted by atomic mass is 10.1. The van der Waals surface area contributed by atoms with Gasteiger partial charge < -0.3 is 25.4 Å². The third-order valence-corrected chi connectivity index (χ3v) is 5.02. The second-order valence-electron chi connectivity index (χ2n) is 6.58. The molecule has 0 spiro atoms. The first-order valence-electron chi connectivity index (χ1n) is 8.87. The minimum absolute atomic E-state index is 0.395. The third-order valence-electron chi connectivity index (χ3n) is 4.77. The zero-order valence-electron chi connectivity index (χ0n) is 14.8. The Labute approximate surface area is 165 Å². The van der Waals surface area contributed by atoms with Gasteiger partial charge in [-0.1, -0.05) is 23.7 Å². The van der Waals surface area contributed by atoms with Crippen LogP contribution in [0.1, 0.15) is 11.8 Å². The number of halogens is 1. The van der Waals surface area contributed by atoms with Gasteiger partial charge in [-0.15, -0.1) is 0 Å². The van der Waals surface area contributed by atoms with E-state index in [9.17, 15) is 15.3 Å². The van der Waals surface area contributed by atoms with Gasteiger partial charge in [-0.2, -0.15) is 0 Å². The lowest BCUT2D eigenvalue weighted by Gasteiger charge is -2.16. The number of hydrogen-bond donors (Lipinski definition) is 4. The summed E-state index contributed by atoms with van der Waals surface area (Å²) < 4.78 is 7.09. The lowest BCUT2D eigenvalue weighted by molar-refractivity contribution is -0.0511. The number of hydrogen-bond acceptors (Lipinski definition) is 8. The molecule has 1 aromatic carbocycles. The zero-order valence-corrected chi connectivity index (χ0v) is 15.6. The first-order chi connectivity index (χ1) is 13.6. The van der Waals surface area contributed by atoms with E-state index in [1.54, 1.807) is 0 Å². The van der Waals surface area contributed by atoms with Crippen LogP contribution in [0.25, 0.3) is 11.2 Å². The first-order valence-corrected chi connectivity index (χ1v) is 9.24. The third kappa shape index (κ3) is 3.54. The van der Waals surface area contributed by atoms with E-state index in [-0.39, 0.29) is 0 Å². The number of anilines is 1. The predicted octanol–water partition coefficient (Wildman–Crippen LogP) is 0.746. The summed E-state index contributed by atoms with van der Waals surface area (Å²) in [6, 6.07) is 7.64. The highest BCUT2D eigenvalue weighted by molar-refractivity contribution is 6.30. The molecule has 4 atom stereocenters. The number of rotatable bonds is 6. The lowest BCUT2D eigenvalue weighted by Crippen LogP contribution is -2.33. The van der Waals surface area contributed by atoms with Crippen molar-refractivity contribution in [1.29, 1.82) is 0 Å². The Morgan fingerprint density at radius 2 is 1.89 bits per heavy atom. The SMILES string of the molecule is OC[C@H]1O[C@@H](n2cnc3c(NCCc4ccc(Cl)cc4)ncnc32)[C@H](O)[C@@H]1O. The first kappa shape index (κ1) is 19.0. The van der Waals surface area contributed by atoms with Gasteiger partial charge in [0, 0.05) is 11.6 Å². The molecule has 1 fully saturated rings.